The molecule has 2 rings (SSSR count). The molecule has 2 heterocycles. The molecule has 0 aliphatic rings. The Bertz CT molecular complexity index is 634. The van der Waals surface area contributed by atoms with Gasteiger partial charge in [0.05, 0.1) is 21.6 Å². The molecule has 0 bridgehead atoms. The first-order chi connectivity index (χ1) is 9.63. The molecule has 0 spiro atoms. The molecule has 0 saturated carbocycles. The average molecular weight is 337 g/mol. The van der Waals surface area contributed by atoms with Crippen molar-refractivity contribution in [3.63, 3.8) is 0 Å². The lowest BCUT2D eigenvalue weighted by Gasteiger charge is -2.10. The minimum Gasteiger partial charge on any atom is -0.373 e. The topological polar surface area (TPSA) is 81.0 Å². The Morgan fingerprint density at radius 3 is 2.95 bits per heavy atom. The van der Waals surface area contributed by atoms with Crippen LogP contribution in [0.4, 0.5) is 11.4 Å². The smallest absolute Gasteiger partial charge is 0.311 e. The van der Waals surface area contributed by atoms with Crippen LogP contribution < -0.4 is 5.32 Å². The second kappa shape index (κ2) is 6.42. The number of nitro groups is 1. The first-order valence-corrected chi connectivity index (χ1v) is 6.87. The molecule has 6 nitrogen and oxygen atoms in total. The van der Waals surface area contributed by atoms with E-state index >= 15 is 0 Å². The maximum atomic E-state index is 11.0. The molecule has 0 unspecified atom stereocenters. The summed E-state index contributed by atoms with van der Waals surface area (Å²) in [4.78, 5) is 18.7. The molecule has 0 amide bonds. The van der Waals surface area contributed by atoms with Crippen molar-refractivity contribution in [2.75, 3.05) is 5.32 Å². The lowest BCUT2D eigenvalue weighted by atomic mass is 10.1. The fourth-order valence-electron chi connectivity index (χ4n) is 1.86. The fraction of sp³-hybridized carbons (Fsp3) is 0.231. The van der Waals surface area contributed by atoms with Gasteiger partial charge in [-0.25, -0.2) is 0 Å². The van der Waals surface area contributed by atoms with Crippen LogP contribution in [0, 0.1) is 10.1 Å². The molecule has 0 aliphatic carbocycles. The van der Waals surface area contributed by atoms with Gasteiger partial charge in [0.15, 0.2) is 0 Å². The molecule has 20 heavy (non-hydrogen) atoms. The summed E-state index contributed by atoms with van der Waals surface area (Å²) in [7, 11) is 0. The summed E-state index contributed by atoms with van der Waals surface area (Å²) in [5, 5.41) is 14.1. The Morgan fingerprint density at radius 2 is 2.25 bits per heavy atom. The lowest BCUT2D eigenvalue weighted by Crippen LogP contribution is -2.07. The van der Waals surface area contributed by atoms with Gasteiger partial charge < -0.3 is 5.32 Å². The van der Waals surface area contributed by atoms with Gasteiger partial charge in [0.2, 0.25) is 0 Å². The zero-order valence-corrected chi connectivity index (χ0v) is 12.4. The normalized spacial score (nSPS) is 10.3. The Balaban J connectivity index is 2.25. The Hall–Kier alpha value is -2.02. The van der Waals surface area contributed by atoms with Crippen LogP contribution in [0.1, 0.15) is 18.2 Å². The van der Waals surface area contributed by atoms with E-state index in [0.717, 1.165) is 17.7 Å². The molecule has 0 radical (unpaired) electrons. The van der Waals surface area contributed by atoms with Crippen LogP contribution in [-0.4, -0.2) is 14.9 Å². The highest BCUT2D eigenvalue weighted by Crippen LogP contribution is 2.31. The third kappa shape index (κ3) is 3.11. The van der Waals surface area contributed by atoms with Gasteiger partial charge in [-0.1, -0.05) is 13.0 Å². The molecule has 2 aromatic rings. The number of rotatable bonds is 5. The molecule has 0 saturated heterocycles. The number of nitrogens with one attached hydrogen (secondary N) is 1. The molecular weight excluding hydrogens is 324 g/mol. The number of aryl methyl sites for hydroxylation is 1. The van der Waals surface area contributed by atoms with Crippen molar-refractivity contribution in [3.8, 4) is 0 Å². The summed E-state index contributed by atoms with van der Waals surface area (Å²) in [5.41, 5.74) is 2.35. The molecule has 1 N–H and O–H groups in total. The number of hydrogen-bond donors (Lipinski definition) is 1. The Kier molecular flexibility index (Phi) is 4.62. The van der Waals surface area contributed by atoms with Gasteiger partial charge in [-0.2, -0.15) is 0 Å². The minimum atomic E-state index is -0.459. The number of aromatic nitrogens is 2. The number of nitrogens with zero attached hydrogens (tertiary/aromatic N) is 3. The van der Waals surface area contributed by atoms with Crippen molar-refractivity contribution in [2.45, 2.75) is 19.9 Å². The predicted octanol–water partition coefficient (Wildman–Crippen LogP) is 3.32. The van der Waals surface area contributed by atoms with Gasteiger partial charge in [0, 0.05) is 12.4 Å². The Labute approximate surface area is 124 Å². The average Bonchev–Trinajstić information content (AvgIpc) is 2.46. The van der Waals surface area contributed by atoms with Gasteiger partial charge in [-0.15, -0.1) is 0 Å². The highest BCUT2D eigenvalue weighted by Gasteiger charge is 2.17. The van der Waals surface area contributed by atoms with Gasteiger partial charge in [-0.05, 0) is 34.0 Å². The highest BCUT2D eigenvalue weighted by molar-refractivity contribution is 9.10. The zero-order valence-electron chi connectivity index (χ0n) is 10.8. The van der Waals surface area contributed by atoms with E-state index in [9.17, 15) is 10.1 Å². The standard InChI is InChI=1S/C13H13BrN4O2/c1-2-9-4-3-5-16-11(9)7-17-13-10(14)6-15-8-12(13)18(19)20/h3-6,8H,2,7H2,1H3,(H,15,17). The number of anilines is 1. The second-order valence-electron chi connectivity index (χ2n) is 4.09. The fourth-order valence-corrected chi connectivity index (χ4v) is 2.32. The molecule has 0 fully saturated rings. The molecule has 104 valence electrons. The molecular formula is C13H13BrN4O2. The minimum absolute atomic E-state index is 0.0617. The zero-order chi connectivity index (χ0) is 14.5. The molecule has 2 aromatic heterocycles. The summed E-state index contributed by atoms with van der Waals surface area (Å²) in [6.45, 7) is 2.47. The molecule has 0 aliphatic heterocycles. The van der Waals surface area contributed by atoms with E-state index in [2.05, 4.69) is 31.2 Å². The number of halogens is 1. The van der Waals surface area contributed by atoms with Gasteiger partial charge in [0.25, 0.3) is 0 Å². The van der Waals surface area contributed by atoms with Crippen LogP contribution >= 0.6 is 15.9 Å². The quantitative estimate of drug-likeness (QED) is 0.669. The molecule has 0 atom stereocenters. The maximum Gasteiger partial charge on any atom is 0.311 e. The summed E-state index contributed by atoms with van der Waals surface area (Å²) < 4.78 is 0.556. The molecule has 7 heteroatoms. The van der Waals surface area contributed by atoms with E-state index in [-0.39, 0.29) is 5.69 Å². The van der Waals surface area contributed by atoms with Crippen molar-refractivity contribution < 1.29 is 4.92 Å². The van der Waals surface area contributed by atoms with E-state index < -0.39 is 4.92 Å². The lowest BCUT2D eigenvalue weighted by molar-refractivity contribution is -0.384. The third-order valence-electron chi connectivity index (χ3n) is 2.87. The summed E-state index contributed by atoms with van der Waals surface area (Å²) in [5.74, 6) is 0. The van der Waals surface area contributed by atoms with Crippen LogP contribution in [0.25, 0.3) is 0 Å². The summed E-state index contributed by atoms with van der Waals surface area (Å²) in [6.07, 6.45) is 5.33. The number of pyridine rings is 2. The van der Waals surface area contributed by atoms with Crippen molar-refractivity contribution in [1.82, 2.24) is 9.97 Å². The third-order valence-corrected chi connectivity index (χ3v) is 3.48. The van der Waals surface area contributed by atoms with E-state index in [0.29, 0.717) is 16.7 Å². The van der Waals surface area contributed by atoms with E-state index in [1.807, 2.05) is 19.1 Å². The number of hydrogen-bond acceptors (Lipinski definition) is 5. The monoisotopic (exact) mass is 336 g/mol. The van der Waals surface area contributed by atoms with Crippen molar-refractivity contribution >= 4 is 27.3 Å². The van der Waals surface area contributed by atoms with Gasteiger partial charge in [0.1, 0.15) is 11.9 Å². The van der Waals surface area contributed by atoms with E-state index in [1.165, 1.54) is 12.4 Å². The first kappa shape index (κ1) is 14.4. The van der Waals surface area contributed by atoms with Gasteiger partial charge >= 0.3 is 5.69 Å². The maximum absolute atomic E-state index is 11.0. The predicted molar refractivity (Wildman–Crippen MR) is 79.5 cm³/mol. The van der Waals surface area contributed by atoms with Crippen LogP contribution in [0.3, 0.4) is 0 Å². The van der Waals surface area contributed by atoms with Crippen LogP contribution in [0.15, 0.2) is 35.2 Å². The van der Waals surface area contributed by atoms with Crippen LogP contribution in [0.2, 0.25) is 0 Å². The largest absolute Gasteiger partial charge is 0.373 e. The van der Waals surface area contributed by atoms with Crippen molar-refractivity contribution in [3.05, 3.63) is 56.6 Å². The van der Waals surface area contributed by atoms with Crippen molar-refractivity contribution in [2.24, 2.45) is 0 Å². The Morgan fingerprint density at radius 1 is 1.45 bits per heavy atom. The first-order valence-electron chi connectivity index (χ1n) is 6.08. The highest BCUT2D eigenvalue weighted by atomic mass is 79.9. The van der Waals surface area contributed by atoms with Crippen LogP contribution in [0.5, 0.6) is 0 Å². The SMILES string of the molecule is CCc1cccnc1CNc1c(Br)cncc1[N+](=O)[O-]. The van der Waals surface area contributed by atoms with Crippen molar-refractivity contribution in [1.29, 1.82) is 0 Å². The van der Waals surface area contributed by atoms with E-state index in [4.69, 9.17) is 0 Å². The molecule has 0 aromatic carbocycles. The summed E-state index contributed by atoms with van der Waals surface area (Å²) in [6, 6.07) is 3.88. The van der Waals surface area contributed by atoms with Crippen LogP contribution in [-0.2, 0) is 13.0 Å². The van der Waals surface area contributed by atoms with E-state index in [1.54, 1.807) is 6.20 Å². The second-order valence-corrected chi connectivity index (χ2v) is 4.94. The summed E-state index contributed by atoms with van der Waals surface area (Å²) >= 11 is 3.27. The van der Waals surface area contributed by atoms with Gasteiger partial charge in [-0.3, -0.25) is 20.1 Å².